The highest BCUT2D eigenvalue weighted by atomic mass is 35.5. The molecule has 1 aliphatic rings. The number of nitrogens with one attached hydrogen (secondary N) is 1. The summed E-state index contributed by atoms with van der Waals surface area (Å²) < 4.78 is 0. The van der Waals surface area contributed by atoms with Gasteiger partial charge in [-0.2, -0.15) is 0 Å². The number of hydrogen-bond donors (Lipinski definition) is 2. The molecule has 3 nitrogen and oxygen atoms in total. The van der Waals surface area contributed by atoms with Crippen LogP contribution in [0, 0.1) is 5.92 Å². The number of hydrogen-bond acceptors (Lipinski definition) is 3. The third-order valence-corrected chi connectivity index (χ3v) is 4.16. The minimum atomic E-state index is -0.251. The number of likely N-dealkylation sites (tertiary alicyclic amines) is 1. The largest absolute Gasteiger partial charge is 0.390 e. The van der Waals surface area contributed by atoms with E-state index in [9.17, 15) is 5.11 Å². The van der Waals surface area contributed by atoms with Crippen LogP contribution in [0.5, 0.6) is 0 Å². The molecule has 2 N–H and O–H groups in total. The second-order valence-electron chi connectivity index (χ2n) is 6.08. The summed E-state index contributed by atoms with van der Waals surface area (Å²) in [5, 5.41) is 13.4. The highest BCUT2D eigenvalue weighted by Crippen LogP contribution is 2.15. The van der Waals surface area contributed by atoms with Crippen LogP contribution in [0.3, 0.4) is 0 Å². The first-order valence-corrected chi connectivity index (χ1v) is 7.89. The van der Waals surface area contributed by atoms with Crippen molar-refractivity contribution in [1.29, 1.82) is 0 Å². The maximum absolute atomic E-state index is 10.1. The molecule has 1 unspecified atom stereocenters. The standard InChI is InChI=1S/C17H28N2O.2ClH/c1-15-8-11-19(12-9-15)14-17(20)13-18-10-7-16-5-3-2-4-6-16;;/h2-6,15,17-18,20H,7-14H2,1H3;2*1H. The second-order valence-corrected chi connectivity index (χ2v) is 6.08. The van der Waals surface area contributed by atoms with E-state index in [0.717, 1.165) is 38.5 Å². The average molecular weight is 349 g/mol. The van der Waals surface area contributed by atoms with Gasteiger partial charge in [0.05, 0.1) is 6.10 Å². The Morgan fingerprint density at radius 3 is 2.45 bits per heavy atom. The smallest absolute Gasteiger partial charge is 0.0791 e. The Labute approximate surface area is 147 Å². The van der Waals surface area contributed by atoms with Crippen molar-refractivity contribution in [2.45, 2.75) is 32.3 Å². The Morgan fingerprint density at radius 2 is 1.82 bits per heavy atom. The summed E-state index contributed by atoms with van der Waals surface area (Å²) in [7, 11) is 0. The van der Waals surface area contributed by atoms with E-state index in [0.29, 0.717) is 6.54 Å². The van der Waals surface area contributed by atoms with Crippen molar-refractivity contribution in [3.8, 4) is 0 Å². The number of benzene rings is 1. The van der Waals surface area contributed by atoms with Gasteiger partial charge >= 0.3 is 0 Å². The molecular weight excluding hydrogens is 319 g/mol. The molecule has 1 saturated heterocycles. The molecule has 0 aromatic heterocycles. The van der Waals surface area contributed by atoms with E-state index in [1.807, 2.05) is 6.07 Å². The topological polar surface area (TPSA) is 35.5 Å². The molecule has 1 aliphatic heterocycles. The highest BCUT2D eigenvalue weighted by molar-refractivity contribution is 5.85. The van der Waals surface area contributed by atoms with Crippen LogP contribution in [-0.2, 0) is 6.42 Å². The van der Waals surface area contributed by atoms with Gasteiger partial charge in [-0.25, -0.2) is 0 Å². The maximum atomic E-state index is 10.1. The number of β-amino-alcohol motifs (C(OH)–C–C–N with tert-alkyl or cyclic N) is 1. The van der Waals surface area contributed by atoms with E-state index in [1.165, 1.54) is 18.4 Å². The number of rotatable bonds is 7. The van der Waals surface area contributed by atoms with Crippen LogP contribution >= 0.6 is 24.8 Å². The minimum Gasteiger partial charge on any atom is -0.390 e. The first-order valence-electron chi connectivity index (χ1n) is 7.89. The third-order valence-electron chi connectivity index (χ3n) is 4.16. The van der Waals surface area contributed by atoms with Gasteiger partial charge in [-0.05, 0) is 50.4 Å². The van der Waals surface area contributed by atoms with Crippen molar-refractivity contribution in [3.05, 3.63) is 35.9 Å². The predicted octanol–water partition coefficient (Wildman–Crippen LogP) is 2.76. The van der Waals surface area contributed by atoms with Crippen molar-refractivity contribution in [1.82, 2.24) is 10.2 Å². The van der Waals surface area contributed by atoms with Crippen molar-refractivity contribution in [2.24, 2.45) is 5.92 Å². The molecule has 22 heavy (non-hydrogen) atoms. The van der Waals surface area contributed by atoms with Crippen LogP contribution in [0.1, 0.15) is 25.3 Å². The number of halogens is 2. The van der Waals surface area contributed by atoms with E-state index in [4.69, 9.17) is 0 Å². The first-order chi connectivity index (χ1) is 9.74. The van der Waals surface area contributed by atoms with Gasteiger partial charge < -0.3 is 15.3 Å². The molecule has 0 bridgehead atoms. The van der Waals surface area contributed by atoms with Crippen LogP contribution in [-0.4, -0.2) is 48.8 Å². The zero-order chi connectivity index (χ0) is 14.2. The molecule has 128 valence electrons. The van der Waals surface area contributed by atoms with Gasteiger partial charge in [-0.15, -0.1) is 24.8 Å². The molecule has 0 spiro atoms. The van der Waals surface area contributed by atoms with Crippen molar-refractivity contribution in [3.63, 3.8) is 0 Å². The van der Waals surface area contributed by atoms with E-state index in [-0.39, 0.29) is 30.9 Å². The fourth-order valence-electron chi connectivity index (χ4n) is 2.75. The molecule has 1 fully saturated rings. The molecule has 1 atom stereocenters. The Bertz CT molecular complexity index is 370. The lowest BCUT2D eigenvalue weighted by molar-refractivity contribution is 0.0910. The molecule has 0 aliphatic carbocycles. The Kier molecular flexibility index (Phi) is 12.0. The summed E-state index contributed by atoms with van der Waals surface area (Å²) in [6.45, 7) is 7.03. The van der Waals surface area contributed by atoms with Crippen molar-refractivity contribution < 1.29 is 5.11 Å². The summed E-state index contributed by atoms with van der Waals surface area (Å²) >= 11 is 0. The summed E-state index contributed by atoms with van der Waals surface area (Å²) in [4.78, 5) is 2.39. The molecule has 0 amide bonds. The van der Waals surface area contributed by atoms with Gasteiger partial charge in [0.2, 0.25) is 0 Å². The normalized spacial score (nSPS) is 17.4. The third kappa shape index (κ3) is 8.35. The van der Waals surface area contributed by atoms with Crippen molar-refractivity contribution in [2.75, 3.05) is 32.7 Å². The summed E-state index contributed by atoms with van der Waals surface area (Å²) in [6.07, 6.45) is 3.32. The molecule has 0 radical (unpaired) electrons. The number of nitrogens with zero attached hydrogens (tertiary/aromatic N) is 1. The van der Waals surface area contributed by atoms with Crippen LogP contribution < -0.4 is 5.32 Å². The van der Waals surface area contributed by atoms with Crippen molar-refractivity contribution >= 4 is 24.8 Å². The maximum Gasteiger partial charge on any atom is 0.0791 e. The number of aliphatic hydroxyl groups is 1. The Balaban J connectivity index is 0.00000220. The van der Waals surface area contributed by atoms with E-state index in [2.05, 4.69) is 41.4 Å². The lowest BCUT2D eigenvalue weighted by Crippen LogP contribution is -2.42. The molecule has 1 aromatic rings. The SMILES string of the molecule is CC1CCN(CC(O)CNCCc2ccccc2)CC1.Cl.Cl. The second kappa shape index (κ2) is 12.1. The minimum absolute atomic E-state index is 0. The van der Waals surface area contributed by atoms with Crippen LogP contribution in [0.15, 0.2) is 30.3 Å². The van der Waals surface area contributed by atoms with Gasteiger partial charge in [-0.3, -0.25) is 0 Å². The van der Waals surface area contributed by atoms with Crippen LogP contribution in [0.4, 0.5) is 0 Å². The van der Waals surface area contributed by atoms with Gasteiger partial charge in [0.25, 0.3) is 0 Å². The first kappa shape index (κ1) is 21.7. The highest BCUT2D eigenvalue weighted by Gasteiger charge is 2.17. The van der Waals surface area contributed by atoms with E-state index in [1.54, 1.807) is 0 Å². The predicted molar refractivity (Wildman–Crippen MR) is 98.4 cm³/mol. The molecule has 1 heterocycles. The fourth-order valence-corrected chi connectivity index (χ4v) is 2.75. The number of aliphatic hydroxyl groups excluding tert-OH is 1. The monoisotopic (exact) mass is 348 g/mol. The van der Waals surface area contributed by atoms with E-state index >= 15 is 0 Å². The molecule has 0 saturated carbocycles. The average Bonchev–Trinajstić information content (AvgIpc) is 2.47. The van der Waals surface area contributed by atoms with E-state index < -0.39 is 0 Å². The Hall–Kier alpha value is -0.320. The zero-order valence-electron chi connectivity index (χ0n) is 13.4. The van der Waals surface area contributed by atoms with Gasteiger partial charge in [0.1, 0.15) is 0 Å². The van der Waals surface area contributed by atoms with Gasteiger partial charge in [0, 0.05) is 13.1 Å². The lowest BCUT2D eigenvalue weighted by atomic mass is 9.99. The van der Waals surface area contributed by atoms with Crippen LogP contribution in [0.25, 0.3) is 0 Å². The van der Waals surface area contributed by atoms with Gasteiger partial charge in [0.15, 0.2) is 0 Å². The quantitative estimate of drug-likeness (QED) is 0.743. The molecule has 5 heteroatoms. The van der Waals surface area contributed by atoms with Crippen LogP contribution in [0.2, 0.25) is 0 Å². The summed E-state index contributed by atoms with van der Waals surface area (Å²) in [6, 6.07) is 10.5. The molecular formula is C17H30Cl2N2O. The lowest BCUT2D eigenvalue weighted by Gasteiger charge is -2.31. The summed E-state index contributed by atoms with van der Waals surface area (Å²) in [5.74, 6) is 0.854. The van der Waals surface area contributed by atoms with Gasteiger partial charge in [-0.1, -0.05) is 37.3 Å². The molecule has 2 rings (SSSR count). The summed E-state index contributed by atoms with van der Waals surface area (Å²) in [5.41, 5.74) is 1.35. The fraction of sp³-hybridized carbons (Fsp3) is 0.647. The molecule has 1 aromatic carbocycles. The zero-order valence-corrected chi connectivity index (χ0v) is 15.0. The Morgan fingerprint density at radius 1 is 1.18 bits per heavy atom. The number of piperidine rings is 1.